The van der Waals surface area contributed by atoms with Gasteiger partial charge in [0.25, 0.3) is 0 Å². The van der Waals surface area contributed by atoms with Crippen molar-refractivity contribution in [2.45, 2.75) is 19.9 Å². The third-order valence-electron chi connectivity index (χ3n) is 2.66. The van der Waals surface area contributed by atoms with E-state index in [1.165, 1.54) is 5.56 Å². The molecule has 0 fully saturated rings. The average molecular weight is 267 g/mol. The Kier molecular flexibility index (Phi) is 9.06. The van der Waals surface area contributed by atoms with Crippen molar-refractivity contribution >= 4 is 0 Å². The molecule has 1 N–H and O–H groups in total. The summed E-state index contributed by atoms with van der Waals surface area (Å²) < 4.78 is 16.2. The van der Waals surface area contributed by atoms with Gasteiger partial charge in [0.15, 0.2) is 0 Å². The van der Waals surface area contributed by atoms with Gasteiger partial charge in [-0.3, -0.25) is 0 Å². The van der Waals surface area contributed by atoms with Crippen molar-refractivity contribution in [2.24, 2.45) is 0 Å². The third-order valence-corrected chi connectivity index (χ3v) is 2.66. The van der Waals surface area contributed by atoms with E-state index >= 15 is 0 Å². The number of rotatable bonds is 11. The van der Waals surface area contributed by atoms with Gasteiger partial charge >= 0.3 is 0 Å². The topological polar surface area (TPSA) is 39.7 Å². The maximum Gasteiger partial charge on any atom is 0.123 e. The summed E-state index contributed by atoms with van der Waals surface area (Å²) in [7, 11) is 1.70. The van der Waals surface area contributed by atoms with E-state index in [1.807, 2.05) is 18.2 Å². The molecule has 4 nitrogen and oxygen atoms in total. The molecule has 0 aliphatic heterocycles. The summed E-state index contributed by atoms with van der Waals surface area (Å²) in [5.74, 6) is 0.934. The molecule has 0 saturated carbocycles. The molecule has 0 aliphatic carbocycles. The summed E-state index contributed by atoms with van der Waals surface area (Å²) in [5, 5.41) is 3.30. The number of hydrogen-bond acceptors (Lipinski definition) is 4. The minimum Gasteiger partial charge on any atom is -0.491 e. The lowest BCUT2D eigenvalue weighted by molar-refractivity contribution is 0.0804. The lowest BCUT2D eigenvalue weighted by Gasteiger charge is -2.12. The van der Waals surface area contributed by atoms with Crippen LogP contribution in [0.25, 0.3) is 0 Å². The van der Waals surface area contributed by atoms with Crippen LogP contribution in [0.1, 0.15) is 18.9 Å². The molecule has 1 rings (SSSR count). The van der Waals surface area contributed by atoms with E-state index in [2.05, 4.69) is 18.3 Å². The third kappa shape index (κ3) is 7.15. The molecule has 0 saturated heterocycles. The van der Waals surface area contributed by atoms with Gasteiger partial charge in [-0.25, -0.2) is 0 Å². The van der Waals surface area contributed by atoms with Crippen LogP contribution < -0.4 is 10.1 Å². The van der Waals surface area contributed by atoms with Crippen LogP contribution in [0.5, 0.6) is 5.75 Å². The molecule has 19 heavy (non-hydrogen) atoms. The Morgan fingerprint density at radius 1 is 1.05 bits per heavy atom. The highest BCUT2D eigenvalue weighted by Gasteiger charge is 2.01. The SMILES string of the molecule is CCNCc1ccccc1OCCOCCCOC. The number of hydrogen-bond donors (Lipinski definition) is 1. The van der Waals surface area contributed by atoms with E-state index in [4.69, 9.17) is 14.2 Å². The smallest absolute Gasteiger partial charge is 0.123 e. The molecule has 108 valence electrons. The van der Waals surface area contributed by atoms with Crippen molar-refractivity contribution in [3.8, 4) is 5.75 Å². The Bertz CT molecular complexity index is 331. The monoisotopic (exact) mass is 267 g/mol. The minimum atomic E-state index is 0.579. The molecule has 0 bridgehead atoms. The maximum atomic E-state index is 5.74. The van der Waals surface area contributed by atoms with Gasteiger partial charge in [0.05, 0.1) is 6.61 Å². The number of ether oxygens (including phenoxy) is 3. The van der Waals surface area contributed by atoms with E-state index < -0.39 is 0 Å². The second-order valence-electron chi connectivity index (χ2n) is 4.20. The van der Waals surface area contributed by atoms with Crippen molar-refractivity contribution in [3.63, 3.8) is 0 Å². The van der Waals surface area contributed by atoms with Crippen LogP contribution in [0, 0.1) is 0 Å². The second-order valence-corrected chi connectivity index (χ2v) is 4.20. The van der Waals surface area contributed by atoms with E-state index in [1.54, 1.807) is 7.11 Å². The fourth-order valence-electron chi connectivity index (χ4n) is 1.67. The van der Waals surface area contributed by atoms with Crippen LogP contribution in [0.4, 0.5) is 0 Å². The number of nitrogens with one attached hydrogen (secondary N) is 1. The zero-order valence-electron chi connectivity index (χ0n) is 12.0. The Morgan fingerprint density at radius 3 is 2.68 bits per heavy atom. The van der Waals surface area contributed by atoms with Crippen molar-refractivity contribution in [1.29, 1.82) is 0 Å². The molecule has 0 aromatic heterocycles. The molecule has 0 amide bonds. The zero-order chi connectivity index (χ0) is 13.8. The predicted molar refractivity (Wildman–Crippen MR) is 76.6 cm³/mol. The first-order valence-electron chi connectivity index (χ1n) is 6.86. The van der Waals surface area contributed by atoms with Crippen LogP contribution in [-0.4, -0.2) is 40.1 Å². The molecule has 0 spiro atoms. The van der Waals surface area contributed by atoms with Gasteiger partial charge in [0.2, 0.25) is 0 Å². The van der Waals surface area contributed by atoms with Crippen molar-refractivity contribution in [1.82, 2.24) is 5.32 Å². The standard InChI is InChI=1S/C15H25NO3/c1-3-16-13-14-7-4-5-8-15(14)19-12-11-18-10-6-9-17-2/h4-5,7-8,16H,3,6,9-13H2,1-2H3. The van der Waals surface area contributed by atoms with Crippen molar-refractivity contribution in [2.75, 3.05) is 40.1 Å². The molecule has 0 atom stereocenters. The molecule has 1 aromatic rings. The van der Waals surface area contributed by atoms with Crippen LogP contribution in [0.3, 0.4) is 0 Å². The van der Waals surface area contributed by atoms with E-state index in [9.17, 15) is 0 Å². The predicted octanol–water partition coefficient (Wildman–Crippen LogP) is 2.23. The van der Waals surface area contributed by atoms with Crippen molar-refractivity contribution in [3.05, 3.63) is 29.8 Å². The molecular formula is C15H25NO3. The molecule has 0 heterocycles. The Morgan fingerprint density at radius 2 is 1.89 bits per heavy atom. The van der Waals surface area contributed by atoms with Gasteiger partial charge in [-0.05, 0) is 19.0 Å². The normalized spacial score (nSPS) is 10.6. The molecule has 0 unspecified atom stereocenters. The first-order valence-corrected chi connectivity index (χ1v) is 6.86. The van der Waals surface area contributed by atoms with E-state index in [0.29, 0.717) is 13.2 Å². The minimum absolute atomic E-state index is 0.579. The van der Waals surface area contributed by atoms with Gasteiger partial charge in [0, 0.05) is 32.4 Å². The van der Waals surface area contributed by atoms with Gasteiger partial charge in [-0.1, -0.05) is 25.1 Å². The quantitative estimate of drug-likeness (QED) is 0.624. The largest absolute Gasteiger partial charge is 0.491 e. The summed E-state index contributed by atoms with van der Waals surface area (Å²) in [5.41, 5.74) is 1.18. The summed E-state index contributed by atoms with van der Waals surface area (Å²) in [6.45, 7) is 6.54. The second kappa shape index (κ2) is 10.8. The van der Waals surface area contributed by atoms with Crippen LogP contribution >= 0.6 is 0 Å². The molecule has 1 aromatic carbocycles. The Labute approximate surface area is 116 Å². The van der Waals surface area contributed by atoms with Gasteiger partial charge in [0.1, 0.15) is 12.4 Å². The Hall–Kier alpha value is -1.10. The summed E-state index contributed by atoms with van der Waals surface area (Å²) in [6, 6.07) is 8.10. The van der Waals surface area contributed by atoms with E-state index in [-0.39, 0.29) is 0 Å². The lowest BCUT2D eigenvalue weighted by atomic mass is 10.2. The van der Waals surface area contributed by atoms with Crippen LogP contribution in [-0.2, 0) is 16.0 Å². The molecule has 0 aliphatic rings. The average Bonchev–Trinajstić information content (AvgIpc) is 2.45. The van der Waals surface area contributed by atoms with Crippen LogP contribution in [0.15, 0.2) is 24.3 Å². The van der Waals surface area contributed by atoms with Gasteiger partial charge < -0.3 is 19.5 Å². The molecular weight excluding hydrogens is 242 g/mol. The first-order chi connectivity index (χ1) is 9.38. The zero-order valence-corrected chi connectivity index (χ0v) is 12.0. The number of methoxy groups -OCH3 is 1. The van der Waals surface area contributed by atoms with Gasteiger partial charge in [-0.15, -0.1) is 0 Å². The highest BCUT2D eigenvalue weighted by Crippen LogP contribution is 2.17. The maximum absolute atomic E-state index is 5.74. The number of para-hydroxylation sites is 1. The highest BCUT2D eigenvalue weighted by molar-refractivity contribution is 5.33. The Balaban J connectivity index is 2.21. The summed E-state index contributed by atoms with van der Waals surface area (Å²) in [4.78, 5) is 0. The highest BCUT2D eigenvalue weighted by atomic mass is 16.5. The molecule has 4 heteroatoms. The summed E-state index contributed by atoms with van der Waals surface area (Å²) in [6.07, 6.45) is 0.924. The van der Waals surface area contributed by atoms with E-state index in [0.717, 1.165) is 38.5 Å². The number of benzene rings is 1. The van der Waals surface area contributed by atoms with Crippen molar-refractivity contribution < 1.29 is 14.2 Å². The lowest BCUT2D eigenvalue weighted by Crippen LogP contribution is -2.14. The first kappa shape index (κ1) is 16.0. The fraction of sp³-hybridized carbons (Fsp3) is 0.600. The van der Waals surface area contributed by atoms with Gasteiger partial charge in [-0.2, -0.15) is 0 Å². The molecule has 0 radical (unpaired) electrons. The van der Waals surface area contributed by atoms with Crippen LogP contribution in [0.2, 0.25) is 0 Å². The summed E-state index contributed by atoms with van der Waals surface area (Å²) >= 11 is 0. The fourth-order valence-corrected chi connectivity index (χ4v) is 1.67.